The van der Waals surface area contributed by atoms with Crippen LogP contribution in [0.2, 0.25) is 0 Å². The first-order valence-electron chi connectivity index (χ1n) is 35.0. The predicted octanol–water partition coefficient (Wildman–Crippen LogP) is 24.3. The van der Waals surface area contributed by atoms with Gasteiger partial charge in [-0.05, 0) is 135 Å². The molecule has 0 aromatic heterocycles. The summed E-state index contributed by atoms with van der Waals surface area (Å²) in [6.07, 6.45) is 97.8. The SMILES string of the molecule is CC/C=C\C/C=C\C/C=C\C/C=C\CCCCCCCCC(=O)OCC(COC(=O)CCCCCCCCCC/C=C\C/C=C\C/C=C\CCCCCCC)OC(=O)CCCCCCCCCC/C=C\C/C=C\C/C=C\CCCCCCC. The molecule has 1 unspecified atom stereocenters. The van der Waals surface area contributed by atoms with Gasteiger partial charge in [-0.3, -0.25) is 14.4 Å². The third-order valence-electron chi connectivity index (χ3n) is 14.9. The van der Waals surface area contributed by atoms with Crippen molar-refractivity contribution in [3.05, 3.63) is 122 Å². The average molecular weight is 1150 g/mol. The van der Waals surface area contributed by atoms with Crippen molar-refractivity contribution in [3.63, 3.8) is 0 Å². The maximum atomic E-state index is 13.0. The molecule has 1 atom stereocenters. The van der Waals surface area contributed by atoms with E-state index in [1.807, 2.05) is 0 Å². The molecule has 6 nitrogen and oxygen atoms in total. The van der Waals surface area contributed by atoms with E-state index in [1.165, 1.54) is 154 Å². The molecule has 0 fully saturated rings. The van der Waals surface area contributed by atoms with Gasteiger partial charge in [0.25, 0.3) is 0 Å². The lowest BCUT2D eigenvalue weighted by atomic mass is 10.1. The van der Waals surface area contributed by atoms with Gasteiger partial charge in [0.1, 0.15) is 13.2 Å². The summed E-state index contributed by atoms with van der Waals surface area (Å²) < 4.78 is 17.0. The van der Waals surface area contributed by atoms with E-state index in [-0.39, 0.29) is 31.1 Å². The topological polar surface area (TPSA) is 78.9 Å². The van der Waals surface area contributed by atoms with Gasteiger partial charge >= 0.3 is 17.9 Å². The minimum absolute atomic E-state index is 0.0916. The Morgan fingerprint density at radius 3 is 0.735 bits per heavy atom. The van der Waals surface area contributed by atoms with Gasteiger partial charge in [0.05, 0.1) is 0 Å². The summed E-state index contributed by atoms with van der Waals surface area (Å²) in [7, 11) is 0. The van der Waals surface area contributed by atoms with E-state index in [0.717, 1.165) is 135 Å². The van der Waals surface area contributed by atoms with E-state index >= 15 is 0 Å². The number of unbranched alkanes of at least 4 members (excludes halogenated alkanes) is 32. The molecule has 0 aliphatic rings. The predicted molar refractivity (Wildman–Crippen MR) is 362 cm³/mol. The molecule has 0 bridgehead atoms. The number of rotatable bonds is 63. The van der Waals surface area contributed by atoms with Crippen LogP contribution in [0.4, 0.5) is 0 Å². The lowest BCUT2D eigenvalue weighted by Gasteiger charge is -2.18. The van der Waals surface area contributed by atoms with Crippen LogP contribution in [0.25, 0.3) is 0 Å². The summed E-state index contributed by atoms with van der Waals surface area (Å²) in [4.78, 5) is 38.5. The van der Waals surface area contributed by atoms with Crippen molar-refractivity contribution in [1.82, 2.24) is 0 Å². The number of allylic oxidation sites excluding steroid dienone is 20. The van der Waals surface area contributed by atoms with Crippen LogP contribution in [-0.2, 0) is 28.6 Å². The lowest BCUT2D eigenvalue weighted by molar-refractivity contribution is -0.167. The molecule has 0 N–H and O–H groups in total. The summed E-state index contributed by atoms with van der Waals surface area (Å²) in [5.41, 5.74) is 0. The Balaban J connectivity index is 4.45. The van der Waals surface area contributed by atoms with E-state index in [1.54, 1.807) is 0 Å². The summed E-state index contributed by atoms with van der Waals surface area (Å²) in [5.74, 6) is -0.910. The minimum atomic E-state index is -0.798. The normalized spacial score (nSPS) is 12.9. The monoisotopic (exact) mass is 1150 g/mol. The molecule has 0 spiro atoms. The number of ether oxygens (including phenoxy) is 3. The molecule has 0 saturated heterocycles. The fourth-order valence-electron chi connectivity index (χ4n) is 9.68. The van der Waals surface area contributed by atoms with Gasteiger partial charge in [-0.25, -0.2) is 0 Å². The number of hydrogen-bond acceptors (Lipinski definition) is 6. The first-order chi connectivity index (χ1) is 41.0. The quantitative estimate of drug-likeness (QED) is 0.0261. The van der Waals surface area contributed by atoms with Gasteiger partial charge in [-0.2, -0.15) is 0 Å². The number of carbonyl (C=O) groups is 3. The molecule has 0 heterocycles. The molecule has 0 aromatic carbocycles. The highest BCUT2D eigenvalue weighted by atomic mass is 16.6. The molecule has 0 aromatic rings. The van der Waals surface area contributed by atoms with E-state index in [4.69, 9.17) is 14.2 Å². The van der Waals surface area contributed by atoms with Gasteiger partial charge in [0.15, 0.2) is 6.10 Å². The Hall–Kier alpha value is -4.19. The Bertz CT molecular complexity index is 1700. The minimum Gasteiger partial charge on any atom is -0.462 e. The molecule has 0 radical (unpaired) electrons. The zero-order chi connectivity index (χ0) is 59.9. The van der Waals surface area contributed by atoms with Crippen molar-refractivity contribution in [2.75, 3.05) is 13.2 Å². The standard InChI is InChI=1S/C77H130O6/c1-4-7-10-13-16-19-22-25-28-31-34-36-38-40-43-46-49-52-55-58-61-64-67-70-76(79)82-73-74(72-81-75(78)69-66-63-60-57-54-51-48-45-42-33-30-27-24-21-18-15-12-9-6-3)83-77(80)71-68-65-62-59-56-53-50-47-44-41-39-37-35-32-29-26-23-20-17-14-11-8-5-2/h9,12,18,21-23,25-27,30-32,34-35,38-42,45,74H,4-8,10-11,13-17,19-20,24,28-29,33,36-37,43-44,46-73H2,1-3H3/b12-9-,21-18-,25-22-,26-23-,30-27-,34-31-,35-32-,40-38-,41-39-,45-42-. The van der Waals surface area contributed by atoms with E-state index < -0.39 is 6.10 Å². The summed E-state index contributed by atoms with van der Waals surface area (Å²) >= 11 is 0. The molecule has 83 heavy (non-hydrogen) atoms. The van der Waals surface area contributed by atoms with Crippen LogP contribution in [0.5, 0.6) is 0 Å². The average Bonchev–Trinajstić information content (AvgIpc) is 3.49. The first-order valence-corrected chi connectivity index (χ1v) is 35.0. The third-order valence-corrected chi connectivity index (χ3v) is 14.9. The maximum Gasteiger partial charge on any atom is 0.306 e. The molecule has 0 aliphatic carbocycles. The Morgan fingerprint density at radius 2 is 0.470 bits per heavy atom. The first kappa shape index (κ1) is 78.8. The van der Waals surface area contributed by atoms with Crippen molar-refractivity contribution in [2.24, 2.45) is 0 Å². The van der Waals surface area contributed by atoms with Crippen molar-refractivity contribution in [2.45, 2.75) is 335 Å². The number of hydrogen-bond donors (Lipinski definition) is 0. The van der Waals surface area contributed by atoms with E-state index in [2.05, 4.69) is 142 Å². The molecule has 0 rings (SSSR count). The molecule has 0 aliphatic heterocycles. The van der Waals surface area contributed by atoms with Crippen LogP contribution in [-0.4, -0.2) is 37.2 Å². The van der Waals surface area contributed by atoms with Crippen molar-refractivity contribution >= 4 is 17.9 Å². The fraction of sp³-hybridized carbons (Fsp3) is 0.701. The van der Waals surface area contributed by atoms with Crippen LogP contribution >= 0.6 is 0 Å². The van der Waals surface area contributed by atoms with Gasteiger partial charge in [0.2, 0.25) is 0 Å². The molecule has 6 heteroatoms. The van der Waals surface area contributed by atoms with Crippen LogP contribution in [0, 0.1) is 0 Å². The number of carbonyl (C=O) groups excluding carboxylic acids is 3. The largest absolute Gasteiger partial charge is 0.462 e. The molecule has 474 valence electrons. The van der Waals surface area contributed by atoms with Crippen molar-refractivity contribution < 1.29 is 28.6 Å². The second-order valence-electron chi connectivity index (χ2n) is 23.1. The second kappa shape index (κ2) is 70.3. The van der Waals surface area contributed by atoms with Crippen LogP contribution in [0.1, 0.15) is 329 Å². The Labute approximate surface area is 513 Å². The summed E-state index contributed by atoms with van der Waals surface area (Å²) in [6.45, 7) is 6.51. The zero-order valence-electron chi connectivity index (χ0n) is 54.4. The number of esters is 3. The van der Waals surface area contributed by atoms with Gasteiger partial charge in [-0.1, -0.05) is 296 Å². The third kappa shape index (κ3) is 68.5. The smallest absolute Gasteiger partial charge is 0.306 e. The molecular formula is C77H130O6. The fourth-order valence-corrected chi connectivity index (χ4v) is 9.68. The molecule has 0 saturated carbocycles. The van der Waals surface area contributed by atoms with Gasteiger partial charge in [0, 0.05) is 19.3 Å². The highest BCUT2D eigenvalue weighted by Crippen LogP contribution is 2.16. The summed E-state index contributed by atoms with van der Waals surface area (Å²) in [6, 6.07) is 0. The van der Waals surface area contributed by atoms with Crippen molar-refractivity contribution in [1.29, 1.82) is 0 Å². The summed E-state index contributed by atoms with van der Waals surface area (Å²) in [5, 5.41) is 0. The van der Waals surface area contributed by atoms with Crippen molar-refractivity contribution in [3.8, 4) is 0 Å². The van der Waals surface area contributed by atoms with Crippen LogP contribution in [0.3, 0.4) is 0 Å². The maximum absolute atomic E-state index is 13.0. The lowest BCUT2D eigenvalue weighted by Crippen LogP contribution is -2.30. The molecular weight excluding hydrogens is 1020 g/mol. The zero-order valence-corrected chi connectivity index (χ0v) is 54.4. The van der Waals surface area contributed by atoms with E-state index in [9.17, 15) is 14.4 Å². The Morgan fingerprint density at radius 1 is 0.253 bits per heavy atom. The second-order valence-corrected chi connectivity index (χ2v) is 23.1. The van der Waals surface area contributed by atoms with Gasteiger partial charge < -0.3 is 14.2 Å². The van der Waals surface area contributed by atoms with Crippen LogP contribution in [0.15, 0.2) is 122 Å². The van der Waals surface area contributed by atoms with Gasteiger partial charge in [-0.15, -0.1) is 0 Å². The van der Waals surface area contributed by atoms with Crippen LogP contribution < -0.4 is 0 Å². The highest BCUT2D eigenvalue weighted by Gasteiger charge is 2.19. The van der Waals surface area contributed by atoms with E-state index in [0.29, 0.717) is 19.3 Å². The molecule has 0 amide bonds. The Kier molecular flexibility index (Phi) is 66.7. The highest BCUT2D eigenvalue weighted by molar-refractivity contribution is 5.71.